The van der Waals surface area contributed by atoms with Gasteiger partial charge >= 0.3 is 5.97 Å². The van der Waals surface area contributed by atoms with Crippen LogP contribution in [0.2, 0.25) is 0 Å². The van der Waals surface area contributed by atoms with Gasteiger partial charge in [0.1, 0.15) is 0 Å². The topological polar surface area (TPSA) is 20.5 Å². The van der Waals surface area contributed by atoms with Gasteiger partial charge in [-0.2, -0.15) is 0 Å². The molecule has 0 saturated heterocycles. The molecule has 0 atom stereocenters. The third kappa shape index (κ3) is 1.66. The largest absolute Gasteiger partial charge is 0.465 e. The van der Waals surface area contributed by atoms with Gasteiger partial charge in [-0.1, -0.05) is 0 Å². The molecule has 8 heavy (non-hydrogen) atoms. The van der Waals surface area contributed by atoms with Crippen molar-refractivity contribution in [3.63, 3.8) is 0 Å². The van der Waals surface area contributed by atoms with E-state index in [-0.39, 0.29) is 0 Å². The maximum Gasteiger partial charge on any atom is 0.465 e. The van der Waals surface area contributed by atoms with Crippen molar-refractivity contribution in [2.24, 2.45) is 0 Å². The summed E-state index contributed by atoms with van der Waals surface area (Å²) in [6.45, 7) is 1.73. The maximum absolute atomic E-state index is 5.10. The molecule has 0 aromatic carbocycles. The first-order valence-corrected chi connectivity index (χ1v) is 2.96. The number of hydrogen-bond acceptors (Lipinski definition) is 2. The van der Waals surface area contributed by atoms with Gasteiger partial charge in [-0.3, -0.25) is 0 Å². The van der Waals surface area contributed by atoms with E-state index in [1.165, 1.54) is 0 Å². The molecule has 3 heteroatoms. The maximum atomic E-state index is 5.10. The van der Waals surface area contributed by atoms with E-state index in [1.807, 2.05) is 0 Å². The van der Waals surface area contributed by atoms with Crippen LogP contribution in [0.25, 0.3) is 0 Å². The molecule has 0 aromatic heterocycles. The molecule has 0 aliphatic heterocycles. The van der Waals surface area contributed by atoms with Crippen molar-refractivity contribution in [3.8, 4) is 0 Å². The Morgan fingerprint density at radius 1 is 1.75 bits per heavy atom. The first kappa shape index (κ1) is 5.82. The fraction of sp³-hybridized carbons (Fsp3) is 0.800. The number of ether oxygens (including phenoxy) is 1. The molecule has 0 amide bonds. The normalized spacial score (nSPS) is 20.9. The minimum Gasteiger partial charge on any atom is -0.434 e. The average molecular weight is 132 g/mol. The molecule has 0 aromatic rings. The van der Waals surface area contributed by atoms with Gasteiger partial charge in [-0.25, -0.2) is 0 Å². The zero-order valence-electron chi connectivity index (χ0n) is 4.72. The van der Waals surface area contributed by atoms with Gasteiger partial charge in [0.25, 0.3) is 0 Å². The number of carbonyl (C=O) groups excluding carboxylic acids is 1. The molecule has 1 fully saturated rings. The summed E-state index contributed by atoms with van der Waals surface area (Å²) in [5.41, 5.74) is 0. The highest BCUT2D eigenvalue weighted by molar-refractivity contribution is 7.50. The van der Waals surface area contributed by atoms with Crippen molar-refractivity contribution in [1.29, 1.82) is 0 Å². The molecular weight excluding hydrogens is 124 g/mol. The average Bonchev–Trinajstić information content (AvgIpc) is 2.50. The third-order valence-electron chi connectivity index (χ3n) is 0.974. The molecular formula is C5H8O2S. The summed E-state index contributed by atoms with van der Waals surface area (Å²) in [7, 11) is 0. The Kier molecular flexibility index (Phi) is 1.68. The Morgan fingerprint density at radius 3 is 2.75 bits per heavy atom. The van der Waals surface area contributed by atoms with Gasteiger partial charge in [0.05, 0.1) is 6.92 Å². The summed E-state index contributed by atoms with van der Waals surface area (Å²) < 4.78 is 9.48. The molecule has 0 spiro atoms. The smallest absolute Gasteiger partial charge is 0.434 e. The molecule has 2 nitrogen and oxygen atoms in total. The predicted octanol–water partition coefficient (Wildman–Crippen LogP) is 0.710. The highest BCUT2D eigenvalue weighted by Gasteiger charge is 2.31. The number of esters is 1. The minimum absolute atomic E-state index is 0.401. The standard InChI is InChI=1S/C5H8O2S/c1-4(7-8)6-5-2-3-5/h5H,2-3H2,1H3. The quantitative estimate of drug-likeness (QED) is 0.297. The van der Waals surface area contributed by atoms with Crippen molar-refractivity contribution in [1.82, 2.24) is 0 Å². The summed E-state index contributed by atoms with van der Waals surface area (Å²) in [6.07, 6.45) is 2.70. The fourth-order valence-corrected chi connectivity index (χ4v) is 0.480. The molecule has 0 heterocycles. The molecule has 1 saturated carbocycles. The first-order chi connectivity index (χ1) is 3.83. The second kappa shape index (κ2) is 2.31. The van der Waals surface area contributed by atoms with Gasteiger partial charge in [0.2, 0.25) is 0 Å². The summed E-state index contributed by atoms with van der Waals surface area (Å²) in [6, 6.07) is 0. The summed E-state index contributed by atoms with van der Waals surface area (Å²) in [5.74, 6) is 0.502. The molecule has 0 bridgehead atoms. The highest BCUT2D eigenvalue weighted by atomic mass is 32.1. The molecule has 0 N–H and O–H groups in total. The summed E-state index contributed by atoms with van der Waals surface area (Å²) in [5, 5.41) is 0. The Balaban J connectivity index is 2.16. The van der Waals surface area contributed by atoms with E-state index < -0.39 is 0 Å². The van der Waals surface area contributed by atoms with Crippen LogP contribution in [0.5, 0.6) is 0 Å². The molecule has 0 unspecified atom stereocenters. The van der Waals surface area contributed by atoms with Gasteiger partial charge in [0.15, 0.2) is 6.10 Å². The highest BCUT2D eigenvalue weighted by Crippen LogP contribution is 2.23. The summed E-state index contributed by atoms with van der Waals surface area (Å²) in [4.78, 5) is 0. The van der Waals surface area contributed by atoms with Crippen molar-refractivity contribution in [2.75, 3.05) is 0 Å². The third-order valence-corrected chi connectivity index (χ3v) is 1.21. The van der Waals surface area contributed by atoms with E-state index >= 15 is 0 Å². The van der Waals surface area contributed by atoms with Crippen molar-refractivity contribution < 1.29 is 8.61 Å². The van der Waals surface area contributed by atoms with Crippen molar-refractivity contribution >= 4 is 18.9 Å². The van der Waals surface area contributed by atoms with Crippen LogP contribution in [0, 0.1) is 0 Å². The van der Waals surface area contributed by atoms with E-state index in [0.717, 1.165) is 12.8 Å². The fourth-order valence-electron chi connectivity index (χ4n) is 0.440. The van der Waals surface area contributed by atoms with Gasteiger partial charge in [-0.05, 0) is 0 Å². The summed E-state index contributed by atoms with van der Waals surface area (Å²) >= 11 is 4.26. The van der Waals surface area contributed by atoms with Gasteiger partial charge < -0.3 is 21.5 Å². The second-order valence-corrected chi connectivity index (χ2v) is 2.06. The van der Waals surface area contributed by atoms with E-state index in [2.05, 4.69) is 16.8 Å². The van der Waals surface area contributed by atoms with E-state index in [1.54, 1.807) is 6.92 Å². The van der Waals surface area contributed by atoms with Crippen molar-refractivity contribution in [2.45, 2.75) is 25.9 Å². The lowest BCUT2D eigenvalue weighted by Crippen LogP contribution is -2.02. The second-order valence-electron chi connectivity index (χ2n) is 1.89. The molecule has 1 rings (SSSR count). The Morgan fingerprint density at radius 2 is 2.38 bits per heavy atom. The molecule has 0 radical (unpaired) electrons. The predicted molar refractivity (Wildman–Crippen MR) is 32.2 cm³/mol. The zero-order valence-corrected chi connectivity index (χ0v) is 5.53. The Labute approximate surface area is 54.2 Å². The lowest BCUT2D eigenvalue weighted by atomic mass is 10.7. The van der Waals surface area contributed by atoms with Crippen LogP contribution >= 0.6 is 0 Å². The van der Waals surface area contributed by atoms with Gasteiger partial charge in [0, 0.05) is 12.8 Å². The van der Waals surface area contributed by atoms with Crippen LogP contribution in [0.4, 0.5) is 0 Å². The van der Waals surface area contributed by atoms with Crippen LogP contribution < -0.4 is 0 Å². The minimum atomic E-state index is 0.401. The zero-order chi connectivity index (χ0) is 5.98. The lowest BCUT2D eigenvalue weighted by Gasteiger charge is -1.88. The van der Waals surface area contributed by atoms with Crippen molar-refractivity contribution in [3.05, 3.63) is 0 Å². The molecule has 1 aliphatic carbocycles. The number of rotatable bonds is 1. The first-order valence-electron chi connectivity index (χ1n) is 2.63. The monoisotopic (exact) mass is 132 g/mol. The van der Waals surface area contributed by atoms with Crippen LogP contribution in [-0.4, -0.2) is 12.1 Å². The van der Waals surface area contributed by atoms with E-state index in [0.29, 0.717) is 12.1 Å². The van der Waals surface area contributed by atoms with Crippen LogP contribution in [0.1, 0.15) is 19.8 Å². The SMILES string of the molecule is CC(OC1CC1)=[O+][S-]. The van der Waals surface area contributed by atoms with E-state index in [4.69, 9.17) is 4.74 Å². The Hall–Kier alpha value is -0.310. The molecule has 1 aliphatic rings. The molecule has 46 valence electrons. The number of hydrogen-bond donors (Lipinski definition) is 0. The lowest BCUT2D eigenvalue weighted by molar-refractivity contribution is -0.261. The van der Waals surface area contributed by atoms with Crippen LogP contribution in [-0.2, 0) is 21.5 Å². The van der Waals surface area contributed by atoms with E-state index in [9.17, 15) is 0 Å². The van der Waals surface area contributed by atoms with Crippen LogP contribution in [0.3, 0.4) is 0 Å². The van der Waals surface area contributed by atoms with Crippen LogP contribution in [0.15, 0.2) is 0 Å². The van der Waals surface area contributed by atoms with Gasteiger partial charge in [-0.15, -0.1) is 0 Å². The Bertz CT molecular complexity index is 107.